The molecule has 2 aromatic rings. The van der Waals surface area contributed by atoms with E-state index in [0.29, 0.717) is 11.3 Å². The molecule has 4 nitrogen and oxygen atoms in total. The average molecular weight is 295 g/mol. The van der Waals surface area contributed by atoms with Gasteiger partial charge in [-0.05, 0) is 43.7 Å². The van der Waals surface area contributed by atoms with E-state index in [2.05, 4.69) is 0 Å². The van der Waals surface area contributed by atoms with Crippen LogP contribution in [-0.4, -0.2) is 12.1 Å². The van der Waals surface area contributed by atoms with Crippen LogP contribution < -0.4 is 4.74 Å². The van der Waals surface area contributed by atoms with Crippen molar-refractivity contribution in [2.24, 2.45) is 0 Å². The van der Waals surface area contributed by atoms with Gasteiger partial charge in [-0.3, -0.25) is 0 Å². The van der Waals surface area contributed by atoms with Crippen molar-refractivity contribution in [1.29, 1.82) is 5.26 Å². The molecule has 0 fully saturated rings. The van der Waals surface area contributed by atoms with E-state index in [0.717, 1.165) is 11.1 Å². The van der Waals surface area contributed by atoms with E-state index in [9.17, 15) is 4.79 Å². The maximum absolute atomic E-state index is 11.9. The molecule has 0 aliphatic heterocycles. The first-order valence-electron chi connectivity index (χ1n) is 6.97. The van der Waals surface area contributed by atoms with Crippen LogP contribution in [0.1, 0.15) is 23.6 Å². The molecule has 0 saturated carbocycles. The van der Waals surface area contributed by atoms with Gasteiger partial charge in [0.05, 0.1) is 11.6 Å². The molecule has 0 N–H and O–H groups in total. The van der Waals surface area contributed by atoms with Crippen molar-refractivity contribution in [1.82, 2.24) is 0 Å². The molecule has 0 aliphatic rings. The highest BCUT2D eigenvalue weighted by Crippen LogP contribution is 2.14. The minimum atomic E-state index is -0.680. The lowest BCUT2D eigenvalue weighted by molar-refractivity contribution is -0.152. The van der Waals surface area contributed by atoms with Crippen molar-refractivity contribution < 1.29 is 14.3 Å². The third-order valence-corrected chi connectivity index (χ3v) is 3.13. The Hall–Kier alpha value is -2.80. The second-order valence-electron chi connectivity index (χ2n) is 4.99. The summed E-state index contributed by atoms with van der Waals surface area (Å²) in [5, 5.41) is 8.72. The quantitative estimate of drug-likeness (QED) is 0.793. The van der Waals surface area contributed by atoms with Crippen LogP contribution in [0.25, 0.3) is 0 Å². The third kappa shape index (κ3) is 4.35. The van der Waals surface area contributed by atoms with Crippen LogP contribution in [0, 0.1) is 18.3 Å². The second-order valence-corrected chi connectivity index (χ2v) is 4.99. The first-order valence-corrected chi connectivity index (χ1v) is 6.97. The summed E-state index contributed by atoms with van der Waals surface area (Å²) in [5.74, 6) is 0.207. The number of benzene rings is 2. The van der Waals surface area contributed by atoms with Gasteiger partial charge in [-0.2, -0.15) is 5.26 Å². The lowest BCUT2D eigenvalue weighted by Crippen LogP contribution is -2.26. The normalized spacial score (nSPS) is 11.3. The summed E-state index contributed by atoms with van der Waals surface area (Å²) in [4.78, 5) is 11.9. The Bertz CT molecular complexity index is 669. The molecule has 0 bridgehead atoms. The number of aryl methyl sites for hydroxylation is 1. The number of carbonyl (C=O) groups is 1. The van der Waals surface area contributed by atoms with Crippen LogP contribution in [0.3, 0.4) is 0 Å². The highest BCUT2D eigenvalue weighted by Gasteiger charge is 2.16. The van der Waals surface area contributed by atoms with Crippen LogP contribution >= 0.6 is 0 Å². The van der Waals surface area contributed by atoms with Gasteiger partial charge in [0.25, 0.3) is 0 Å². The molecule has 4 heteroatoms. The number of hydrogen-bond acceptors (Lipinski definition) is 4. The molecule has 0 saturated heterocycles. The Morgan fingerprint density at radius 2 is 1.77 bits per heavy atom. The number of carbonyl (C=O) groups excluding carboxylic acids is 1. The molecule has 0 radical (unpaired) electrons. The van der Waals surface area contributed by atoms with Gasteiger partial charge in [0.15, 0.2) is 6.10 Å². The smallest absolute Gasteiger partial charge is 0.347 e. The van der Waals surface area contributed by atoms with Crippen LogP contribution in [0.2, 0.25) is 0 Å². The van der Waals surface area contributed by atoms with E-state index >= 15 is 0 Å². The van der Waals surface area contributed by atoms with E-state index in [1.54, 1.807) is 31.2 Å². The van der Waals surface area contributed by atoms with E-state index in [-0.39, 0.29) is 6.61 Å². The van der Waals surface area contributed by atoms with Crippen molar-refractivity contribution >= 4 is 5.97 Å². The standard InChI is InChI=1S/C18H17NO3/c1-13-3-9-17(10-4-13)22-14(2)18(20)21-12-16-7-5-15(11-19)6-8-16/h3-10,14H,12H2,1-2H3. The number of esters is 1. The minimum Gasteiger partial charge on any atom is -0.479 e. The summed E-state index contributed by atoms with van der Waals surface area (Å²) < 4.78 is 10.8. The van der Waals surface area contributed by atoms with Gasteiger partial charge in [-0.25, -0.2) is 4.79 Å². The second kappa shape index (κ2) is 7.28. The van der Waals surface area contributed by atoms with Gasteiger partial charge < -0.3 is 9.47 Å². The van der Waals surface area contributed by atoms with Crippen LogP contribution in [0.15, 0.2) is 48.5 Å². The maximum atomic E-state index is 11.9. The summed E-state index contributed by atoms with van der Waals surface area (Å²) in [6.45, 7) is 3.80. The van der Waals surface area contributed by atoms with Crippen LogP contribution in [0.4, 0.5) is 0 Å². The summed E-state index contributed by atoms with van der Waals surface area (Å²) in [6.07, 6.45) is -0.680. The molecule has 112 valence electrons. The van der Waals surface area contributed by atoms with E-state index in [1.807, 2.05) is 37.3 Å². The highest BCUT2D eigenvalue weighted by molar-refractivity contribution is 5.74. The number of nitriles is 1. The van der Waals surface area contributed by atoms with Gasteiger partial charge in [-0.15, -0.1) is 0 Å². The van der Waals surface area contributed by atoms with Crippen LogP contribution in [0.5, 0.6) is 5.75 Å². The number of nitrogens with zero attached hydrogens (tertiary/aromatic N) is 1. The zero-order chi connectivity index (χ0) is 15.9. The average Bonchev–Trinajstić information content (AvgIpc) is 2.55. The Labute approximate surface area is 129 Å². The molecule has 0 aromatic heterocycles. The SMILES string of the molecule is Cc1ccc(OC(C)C(=O)OCc2ccc(C#N)cc2)cc1. The zero-order valence-electron chi connectivity index (χ0n) is 12.6. The number of rotatable bonds is 5. The van der Waals surface area contributed by atoms with E-state index in [1.165, 1.54) is 0 Å². The number of hydrogen-bond donors (Lipinski definition) is 0. The Morgan fingerprint density at radius 1 is 1.14 bits per heavy atom. The first kappa shape index (κ1) is 15.6. The predicted octanol–water partition coefficient (Wildman–Crippen LogP) is 3.38. The van der Waals surface area contributed by atoms with Crippen molar-refractivity contribution in [3.8, 4) is 11.8 Å². The topological polar surface area (TPSA) is 59.3 Å². The van der Waals surface area contributed by atoms with Gasteiger partial charge in [0.2, 0.25) is 0 Å². The first-order chi connectivity index (χ1) is 10.6. The fourth-order valence-corrected chi connectivity index (χ4v) is 1.82. The molecular weight excluding hydrogens is 278 g/mol. The molecular formula is C18H17NO3. The van der Waals surface area contributed by atoms with Gasteiger partial charge >= 0.3 is 5.97 Å². The molecule has 2 aromatic carbocycles. The fourth-order valence-electron chi connectivity index (χ4n) is 1.82. The van der Waals surface area contributed by atoms with Crippen molar-refractivity contribution in [3.05, 3.63) is 65.2 Å². The van der Waals surface area contributed by atoms with Crippen molar-refractivity contribution in [2.75, 3.05) is 0 Å². The largest absolute Gasteiger partial charge is 0.479 e. The molecule has 0 amide bonds. The molecule has 1 atom stereocenters. The lowest BCUT2D eigenvalue weighted by Gasteiger charge is -2.14. The van der Waals surface area contributed by atoms with Crippen molar-refractivity contribution in [2.45, 2.75) is 26.6 Å². The van der Waals surface area contributed by atoms with E-state index in [4.69, 9.17) is 14.7 Å². The van der Waals surface area contributed by atoms with Crippen LogP contribution in [-0.2, 0) is 16.1 Å². The van der Waals surface area contributed by atoms with Crippen molar-refractivity contribution in [3.63, 3.8) is 0 Å². The summed E-state index contributed by atoms with van der Waals surface area (Å²) in [7, 11) is 0. The summed E-state index contributed by atoms with van der Waals surface area (Å²) in [5.41, 5.74) is 2.53. The summed E-state index contributed by atoms with van der Waals surface area (Å²) in [6, 6.07) is 16.4. The molecule has 1 unspecified atom stereocenters. The van der Waals surface area contributed by atoms with Gasteiger partial charge in [-0.1, -0.05) is 29.8 Å². The monoisotopic (exact) mass is 295 g/mol. The molecule has 0 heterocycles. The molecule has 2 rings (SSSR count). The predicted molar refractivity (Wildman–Crippen MR) is 82.2 cm³/mol. The maximum Gasteiger partial charge on any atom is 0.347 e. The van der Waals surface area contributed by atoms with Gasteiger partial charge in [0, 0.05) is 0 Å². The molecule has 0 spiro atoms. The fraction of sp³-hybridized carbons (Fsp3) is 0.222. The third-order valence-electron chi connectivity index (χ3n) is 3.13. The zero-order valence-corrected chi connectivity index (χ0v) is 12.6. The number of ether oxygens (including phenoxy) is 2. The molecule has 22 heavy (non-hydrogen) atoms. The van der Waals surface area contributed by atoms with Gasteiger partial charge in [0.1, 0.15) is 12.4 Å². The highest BCUT2D eigenvalue weighted by atomic mass is 16.6. The Balaban J connectivity index is 1.85. The summed E-state index contributed by atoms with van der Waals surface area (Å²) >= 11 is 0. The Kier molecular flexibility index (Phi) is 5.16. The minimum absolute atomic E-state index is 0.159. The lowest BCUT2D eigenvalue weighted by atomic mass is 10.2. The molecule has 0 aliphatic carbocycles. The van der Waals surface area contributed by atoms with E-state index < -0.39 is 12.1 Å². The Morgan fingerprint density at radius 3 is 2.36 bits per heavy atom.